The van der Waals surface area contributed by atoms with E-state index in [1.807, 2.05) is 23.9 Å². The van der Waals surface area contributed by atoms with Crippen molar-refractivity contribution in [3.05, 3.63) is 66.2 Å². The van der Waals surface area contributed by atoms with Crippen LogP contribution in [0.2, 0.25) is 0 Å². The van der Waals surface area contributed by atoms with Crippen LogP contribution in [0.4, 0.5) is 0 Å². The van der Waals surface area contributed by atoms with Crippen molar-refractivity contribution in [1.82, 2.24) is 4.90 Å². The first-order chi connectivity index (χ1) is 10.4. The predicted molar refractivity (Wildman–Crippen MR) is 90.8 cm³/mol. The average molecular weight is 301 g/mol. The lowest BCUT2D eigenvalue weighted by molar-refractivity contribution is 0.204. The van der Waals surface area contributed by atoms with Gasteiger partial charge in [0, 0.05) is 30.3 Å². The van der Waals surface area contributed by atoms with Crippen LogP contribution in [0, 0.1) is 0 Å². The molecule has 21 heavy (non-hydrogen) atoms. The second-order valence-electron chi connectivity index (χ2n) is 4.96. The lowest BCUT2D eigenvalue weighted by Gasteiger charge is -2.21. The van der Waals surface area contributed by atoms with E-state index in [0.29, 0.717) is 0 Å². The van der Waals surface area contributed by atoms with Gasteiger partial charge < -0.3 is 5.11 Å². The van der Waals surface area contributed by atoms with Crippen LogP contribution in [0.3, 0.4) is 0 Å². The molecule has 0 saturated carbocycles. The summed E-state index contributed by atoms with van der Waals surface area (Å²) in [5.41, 5.74) is 1.36. The normalized spacial score (nSPS) is 11.0. The summed E-state index contributed by atoms with van der Waals surface area (Å²) in [6.45, 7) is 2.99. The van der Waals surface area contributed by atoms with E-state index in [1.54, 1.807) is 0 Å². The van der Waals surface area contributed by atoms with E-state index in [9.17, 15) is 5.11 Å². The van der Waals surface area contributed by atoms with Crippen molar-refractivity contribution in [2.75, 3.05) is 32.0 Å². The molecule has 0 aliphatic rings. The Morgan fingerprint density at radius 2 is 1.48 bits per heavy atom. The Morgan fingerprint density at radius 3 is 2.14 bits per heavy atom. The van der Waals surface area contributed by atoms with Crippen LogP contribution in [0.5, 0.6) is 0 Å². The molecule has 112 valence electrons. The van der Waals surface area contributed by atoms with E-state index < -0.39 is 0 Å². The minimum Gasteiger partial charge on any atom is -0.395 e. The highest BCUT2D eigenvalue weighted by Crippen LogP contribution is 2.16. The molecule has 2 nitrogen and oxygen atoms in total. The van der Waals surface area contributed by atoms with E-state index >= 15 is 0 Å². The maximum atomic E-state index is 9.20. The minimum atomic E-state index is 0.227. The second-order valence-corrected chi connectivity index (χ2v) is 6.13. The fourth-order valence-electron chi connectivity index (χ4n) is 2.22. The van der Waals surface area contributed by atoms with Gasteiger partial charge in [-0.15, -0.1) is 11.8 Å². The molecule has 0 unspecified atom stereocenters. The van der Waals surface area contributed by atoms with Crippen LogP contribution >= 0.6 is 11.8 Å². The van der Waals surface area contributed by atoms with Crippen LogP contribution in [-0.2, 0) is 6.42 Å². The Balaban J connectivity index is 1.73. The summed E-state index contributed by atoms with van der Waals surface area (Å²) in [6, 6.07) is 21.0. The standard InChI is InChI=1S/C18H23NOS/c20-15-13-19(12-11-17-7-3-1-4-8-17)14-16-21-18-9-5-2-6-10-18/h1-10,20H,11-16H2. The predicted octanol–water partition coefficient (Wildman–Crippen LogP) is 3.32. The maximum absolute atomic E-state index is 9.20. The maximum Gasteiger partial charge on any atom is 0.0558 e. The fourth-order valence-corrected chi connectivity index (χ4v) is 3.15. The summed E-state index contributed by atoms with van der Waals surface area (Å²) in [5, 5.41) is 9.20. The highest BCUT2D eigenvalue weighted by Gasteiger charge is 2.05. The van der Waals surface area contributed by atoms with Gasteiger partial charge in [-0.2, -0.15) is 0 Å². The van der Waals surface area contributed by atoms with Gasteiger partial charge in [-0.05, 0) is 24.1 Å². The molecule has 0 saturated heterocycles. The Kier molecular flexibility index (Phi) is 7.36. The summed E-state index contributed by atoms with van der Waals surface area (Å²) in [7, 11) is 0. The van der Waals surface area contributed by atoms with Crippen molar-refractivity contribution in [2.45, 2.75) is 11.3 Å². The summed E-state index contributed by atoms with van der Waals surface area (Å²) in [5.74, 6) is 1.05. The molecule has 0 fully saturated rings. The van der Waals surface area contributed by atoms with Gasteiger partial charge in [0.2, 0.25) is 0 Å². The first-order valence-electron chi connectivity index (χ1n) is 7.43. The first kappa shape index (κ1) is 16.1. The molecule has 0 aliphatic heterocycles. The zero-order chi connectivity index (χ0) is 14.8. The highest BCUT2D eigenvalue weighted by molar-refractivity contribution is 7.99. The number of rotatable bonds is 9. The number of hydrogen-bond donors (Lipinski definition) is 1. The van der Waals surface area contributed by atoms with Crippen molar-refractivity contribution in [1.29, 1.82) is 0 Å². The lowest BCUT2D eigenvalue weighted by atomic mass is 10.1. The zero-order valence-corrected chi connectivity index (χ0v) is 13.1. The molecule has 0 radical (unpaired) electrons. The number of hydrogen-bond acceptors (Lipinski definition) is 3. The van der Waals surface area contributed by atoms with Crippen molar-refractivity contribution >= 4 is 11.8 Å². The van der Waals surface area contributed by atoms with Crippen LogP contribution in [-0.4, -0.2) is 42.0 Å². The molecule has 0 spiro atoms. The van der Waals surface area contributed by atoms with Gasteiger partial charge in [0.1, 0.15) is 0 Å². The summed E-state index contributed by atoms with van der Waals surface area (Å²) in [4.78, 5) is 3.65. The molecule has 3 heteroatoms. The molecule has 1 N–H and O–H groups in total. The van der Waals surface area contributed by atoms with Gasteiger partial charge in [-0.1, -0.05) is 48.5 Å². The number of thioether (sulfide) groups is 1. The Bertz CT molecular complexity index is 489. The van der Waals surface area contributed by atoms with Gasteiger partial charge in [-0.3, -0.25) is 4.90 Å². The summed E-state index contributed by atoms with van der Waals surface area (Å²) >= 11 is 1.87. The van der Waals surface area contributed by atoms with Crippen molar-refractivity contribution in [2.24, 2.45) is 0 Å². The van der Waals surface area contributed by atoms with E-state index in [4.69, 9.17) is 0 Å². The van der Waals surface area contributed by atoms with E-state index in [1.165, 1.54) is 10.5 Å². The van der Waals surface area contributed by atoms with E-state index in [0.717, 1.165) is 31.8 Å². The van der Waals surface area contributed by atoms with E-state index in [2.05, 4.69) is 53.4 Å². The van der Waals surface area contributed by atoms with Crippen molar-refractivity contribution in [3.8, 4) is 0 Å². The van der Waals surface area contributed by atoms with Crippen molar-refractivity contribution < 1.29 is 5.11 Å². The van der Waals surface area contributed by atoms with Gasteiger partial charge in [0.15, 0.2) is 0 Å². The molecule has 0 aliphatic carbocycles. The third-order valence-electron chi connectivity index (χ3n) is 3.40. The second kappa shape index (κ2) is 9.61. The molecule has 0 bridgehead atoms. The molecule has 0 aromatic heterocycles. The monoisotopic (exact) mass is 301 g/mol. The topological polar surface area (TPSA) is 23.5 Å². The van der Waals surface area contributed by atoms with Gasteiger partial charge in [-0.25, -0.2) is 0 Å². The third kappa shape index (κ3) is 6.34. The molecule has 2 aromatic carbocycles. The SMILES string of the molecule is OCCN(CCSc1ccccc1)CCc1ccccc1. The smallest absolute Gasteiger partial charge is 0.0558 e. The van der Waals surface area contributed by atoms with E-state index in [-0.39, 0.29) is 6.61 Å². The molecule has 0 atom stereocenters. The van der Waals surface area contributed by atoms with Gasteiger partial charge in [0.05, 0.1) is 6.61 Å². The molecular weight excluding hydrogens is 278 g/mol. The number of aliphatic hydroxyl groups is 1. The van der Waals surface area contributed by atoms with Crippen LogP contribution in [0.1, 0.15) is 5.56 Å². The van der Waals surface area contributed by atoms with Crippen LogP contribution in [0.25, 0.3) is 0 Å². The van der Waals surface area contributed by atoms with Gasteiger partial charge >= 0.3 is 0 Å². The zero-order valence-electron chi connectivity index (χ0n) is 12.3. The third-order valence-corrected chi connectivity index (χ3v) is 4.39. The summed E-state index contributed by atoms with van der Waals surface area (Å²) in [6.07, 6.45) is 1.04. The molecule has 2 rings (SSSR count). The Morgan fingerprint density at radius 1 is 0.810 bits per heavy atom. The van der Waals surface area contributed by atoms with Crippen LogP contribution in [0.15, 0.2) is 65.6 Å². The van der Waals surface area contributed by atoms with Crippen molar-refractivity contribution in [3.63, 3.8) is 0 Å². The molecular formula is C18H23NOS. The Labute approximate surface area is 131 Å². The fraction of sp³-hybridized carbons (Fsp3) is 0.333. The summed E-state index contributed by atoms with van der Waals surface area (Å²) < 4.78 is 0. The van der Waals surface area contributed by atoms with Gasteiger partial charge in [0.25, 0.3) is 0 Å². The largest absolute Gasteiger partial charge is 0.395 e. The molecule has 2 aromatic rings. The molecule has 0 amide bonds. The molecule has 0 heterocycles. The highest BCUT2D eigenvalue weighted by atomic mass is 32.2. The lowest BCUT2D eigenvalue weighted by Crippen LogP contribution is -2.31. The number of aliphatic hydroxyl groups excluding tert-OH is 1. The average Bonchev–Trinajstić information content (AvgIpc) is 2.54. The quantitative estimate of drug-likeness (QED) is 0.719. The number of nitrogens with zero attached hydrogens (tertiary/aromatic N) is 1. The number of benzene rings is 2. The Hall–Kier alpha value is -1.29. The first-order valence-corrected chi connectivity index (χ1v) is 8.42. The van der Waals surface area contributed by atoms with Crippen LogP contribution < -0.4 is 0 Å². The minimum absolute atomic E-state index is 0.227.